The van der Waals surface area contributed by atoms with Crippen molar-refractivity contribution in [2.75, 3.05) is 10.6 Å². The molecule has 0 fully saturated rings. The van der Waals surface area contributed by atoms with E-state index in [1.165, 1.54) is 17.7 Å². The average molecular weight is 352 g/mol. The smallest absolute Gasteiger partial charge is 0.406 e. The van der Waals surface area contributed by atoms with E-state index in [0.717, 1.165) is 24.2 Å². The summed E-state index contributed by atoms with van der Waals surface area (Å²) < 4.78 is 40.1. The maximum atomic E-state index is 12.2. The van der Waals surface area contributed by atoms with Crippen LogP contribution in [0.2, 0.25) is 0 Å². The molecule has 0 saturated carbocycles. The van der Waals surface area contributed by atoms with Crippen LogP contribution < -0.4 is 15.4 Å². The molecule has 0 aliphatic heterocycles. The summed E-state index contributed by atoms with van der Waals surface area (Å²) in [5.41, 5.74) is 2.40. The lowest BCUT2D eigenvalue weighted by Gasteiger charge is -2.16. The van der Waals surface area contributed by atoms with Crippen LogP contribution in [0.15, 0.2) is 48.5 Å². The van der Waals surface area contributed by atoms with Gasteiger partial charge in [0.05, 0.1) is 0 Å². The van der Waals surface area contributed by atoms with Crippen molar-refractivity contribution in [3.8, 4) is 5.75 Å². The zero-order chi connectivity index (χ0) is 18.4. The quantitative estimate of drug-likeness (QED) is 0.800. The highest BCUT2D eigenvalue weighted by atomic mass is 19.4. The van der Waals surface area contributed by atoms with Crippen LogP contribution in [0.5, 0.6) is 5.75 Å². The Morgan fingerprint density at radius 2 is 1.60 bits per heavy atom. The van der Waals surface area contributed by atoms with E-state index in [2.05, 4.69) is 22.3 Å². The van der Waals surface area contributed by atoms with Crippen LogP contribution in [0.3, 0.4) is 0 Å². The maximum Gasteiger partial charge on any atom is 0.573 e. The third-order valence-electron chi connectivity index (χ3n) is 3.49. The van der Waals surface area contributed by atoms with E-state index in [4.69, 9.17) is 0 Å². The van der Waals surface area contributed by atoms with Gasteiger partial charge in [-0.2, -0.15) is 0 Å². The molecule has 7 heteroatoms. The summed E-state index contributed by atoms with van der Waals surface area (Å²) >= 11 is 0. The summed E-state index contributed by atoms with van der Waals surface area (Å²) in [5, 5.41) is 5.71. The topological polar surface area (TPSA) is 50.4 Å². The number of ether oxygens (including phenoxy) is 1. The fourth-order valence-electron chi connectivity index (χ4n) is 2.14. The van der Waals surface area contributed by atoms with Gasteiger partial charge in [0.2, 0.25) is 5.91 Å². The van der Waals surface area contributed by atoms with Gasteiger partial charge in [0.1, 0.15) is 11.8 Å². The molecular formula is C18H19F3N2O2. The van der Waals surface area contributed by atoms with Crippen LogP contribution >= 0.6 is 0 Å². The number of halogens is 3. The van der Waals surface area contributed by atoms with Gasteiger partial charge < -0.3 is 15.4 Å². The highest BCUT2D eigenvalue weighted by Crippen LogP contribution is 2.24. The third kappa shape index (κ3) is 6.02. The summed E-state index contributed by atoms with van der Waals surface area (Å²) in [6.45, 7) is 3.76. The molecule has 1 atom stereocenters. The molecule has 1 unspecified atom stereocenters. The molecule has 0 heterocycles. The third-order valence-corrected chi connectivity index (χ3v) is 3.49. The Kier molecular flexibility index (Phi) is 5.90. The van der Waals surface area contributed by atoms with Crippen molar-refractivity contribution >= 4 is 17.3 Å². The fourth-order valence-corrected chi connectivity index (χ4v) is 2.14. The second-order valence-electron chi connectivity index (χ2n) is 5.48. The average Bonchev–Trinajstić information content (AvgIpc) is 2.56. The van der Waals surface area contributed by atoms with Crippen molar-refractivity contribution in [3.05, 3.63) is 54.1 Å². The molecule has 0 saturated heterocycles. The number of hydrogen-bond donors (Lipinski definition) is 2. The molecule has 2 N–H and O–H groups in total. The standard InChI is InChI=1S/C18H19F3N2O2/c1-3-13-4-6-14(7-5-13)22-12(2)17(24)23-15-8-10-16(11-9-15)25-18(19,20)21/h4-12,22H,3H2,1-2H3,(H,23,24). The van der Waals surface area contributed by atoms with Crippen molar-refractivity contribution < 1.29 is 22.7 Å². The lowest BCUT2D eigenvalue weighted by atomic mass is 10.1. The van der Waals surface area contributed by atoms with Gasteiger partial charge in [-0.15, -0.1) is 13.2 Å². The van der Waals surface area contributed by atoms with Gasteiger partial charge in [0, 0.05) is 11.4 Å². The van der Waals surface area contributed by atoms with E-state index in [1.54, 1.807) is 6.92 Å². The van der Waals surface area contributed by atoms with E-state index in [0.29, 0.717) is 5.69 Å². The molecule has 0 bridgehead atoms. The van der Waals surface area contributed by atoms with Crippen LogP contribution in [-0.2, 0) is 11.2 Å². The van der Waals surface area contributed by atoms with Crippen molar-refractivity contribution in [3.63, 3.8) is 0 Å². The lowest BCUT2D eigenvalue weighted by Crippen LogP contribution is -2.31. The van der Waals surface area contributed by atoms with E-state index >= 15 is 0 Å². The molecule has 2 aromatic carbocycles. The molecule has 0 spiro atoms. The molecule has 134 valence electrons. The van der Waals surface area contributed by atoms with Crippen LogP contribution in [0, 0.1) is 0 Å². The Morgan fingerprint density at radius 1 is 1.04 bits per heavy atom. The Bertz CT molecular complexity index is 698. The normalized spacial score (nSPS) is 12.4. The number of benzene rings is 2. The Labute approximate surface area is 144 Å². The number of alkyl halides is 3. The number of anilines is 2. The van der Waals surface area contributed by atoms with Gasteiger partial charge in [-0.25, -0.2) is 0 Å². The SMILES string of the molecule is CCc1ccc(NC(C)C(=O)Nc2ccc(OC(F)(F)F)cc2)cc1. The largest absolute Gasteiger partial charge is 0.573 e. The molecule has 0 aliphatic carbocycles. The second-order valence-corrected chi connectivity index (χ2v) is 5.48. The van der Waals surface area contributed by atoms with Crippen LogP contribution in [0.4, 0.5) is 24.5 Å². The van der Waals surface area contributed by atoms with Crippen LogP contribution in [-0.4, -0.2) is 18.3 Å². The van der Waals surface area contributed by atoms with Gasteiger partial charge in [-0.05, 0) is 55.3 Å². The molecule has 2 rings (SSSR count). The molecule has 0 aliphatic rings. The highest BCUT2D eigenvalue weighted by Gasteiger charge is 2.31. The summed E-state index contributed by atoms with van der Waals surface area (Å²) in [7, 11) is 0. The van der Waals surface area contributed by atoms with Gasteiger partial charge in [-0.1, -0.05) is 19.1 Å². The molecule has 2 aromatic rings. The summed E-state index contributed by atoms with van der Waals surface area (Å²) in [5.74, 6) is -0.642. The predicted octanol–water partition coefficient (Wildman–Crippen LogP) is 4.59. The maximum absolute atomic E-state index is 12.2. The number of aryl methyl sites for hydroxylation is 1. The molecular weight excluding hydrogens is 333 g/mol. The zero-order valence-corrected chi connectivity index (χ0v) is 13.9. The van der Waals surface area contributed by atoms with Crippen molar-refractivity contribution in [2.45, 2.75) is 32.7 Å². The molecule has 4 nitrogen and oxygen atoms in total. The molecule has 1 amide bonds. The Hall–Kier alpha value is -2.70. The van der Waals surface area contributed by atoms with E-state index in [-0.39, 0.29) is 11.7 Å². The van der Waals surface area contributed by atoms with E-state index < -0.39 is 12.4 Å². The van der Waals surface area contributed by atoms with Crippen molar-refractivity contribution in [1.29, 1.82) is 0 Å². The highest BCUT2D eigenvalue weighted by molar-refractivity contribution is 5.96. The monoisotopic (exact) mass is 352 g/mol. The first-order valence-corrected chi connectivity index (χ1v) is 7.79. The summed E-state index contributed by atoms with van der Waals surface area (Å²) in [4.78, 5) is 12.2. The first-order chi connectivity index (χ1) is 11.8. The van der Waals surface area contributed by atoms with Gasteiger partial charge in [0.15, 0.2) is 0 Å². The Morgan fingerprint density at radius 3 is 2.12 bits per heavy atom. The van der Waals surface area contributed by atoms with Gasteiger partial charge in [0.25, 0.3) is 0 Å². The Balaban J connectivity index is 1.91. The number of amides is 1. The molecule has 25 heavy (non-hydrogen) atoms. The van der Waals surface area contributed by atoms with Crippen LogP contribution in [0.25, 0.3) is 0 Å². The predicted molar refractivity (Wildman–Crippen MR) is 90.7 cm³/mol. The first kappa shape index (κ1) is 18.6. The summed E-state index contributed by atoms with van der Waals surface area (Å²) in [6.07, 6.45) is -3.80. The molecule has 0 aromatic heterocycles. The van der Waals surface area contributed by atoms with E-state index in [1.807, 2.05) is 24.3 Å². The number of rotatable bonds is 6. The number of nitrogens with one attached hydrogen (secondary N) is 2. The fraction of sp³-hybridized carbons (Fsp3) is 0.278. The number of carbonyl (C=O) groups excluding carboxylic acids is 1. The number of carbonyl (C=O) groups is 1. The lowest BCUT2D eigenvalue weighted by molar-refractivity contribution is -0.274. The van der Waals surface area contributed by atoms with E-state index in [9.17, 15) is 18.0 Å². The summed E-state index contributed by atoms with van der Waals surface area (Å²) in [6, 6.07) is 12.2. The second kappa shape index (κ2) is 7.92. The van der Waals surface area contributed by atoms with Gasteiger partial charge >= 0.3 is 6.36 Å². The zero-order valence-electron chi connectivity index (χ0n) is 13.9. The van der Waals surface area contributed by atoms with Crippen molar-refractivity contribution in [2.24, 2.45) is 0 Å². The first-order valence-electron chi connectivity index (χ1n) is 7.79. The number of hydrogen-bond acceptors (Lipinski definition) is 3. The van der Waals surface area contributed by atoms with Crippen LogP contribution in [0.1, 0.15) is 19.4 Å². The minimum absolute atomic E-state index is 0.302. The van der Waals surface area contributed by atoms with Crippen molar-refractivity contribution in [1.82, 2.24) is 0 Å². The molecule has 0 radical (unpaired) electrons. The minimum Gasteiger partial charge on any atom is -0.406 e. The minimum atomic E-state index is -4.74. The van der Waals surface area contributed by atoms with Gasteiger partial charge in [-0.3, -0.25) is 4.79 Å².